The second-order valence-corrected chi connectivity index (χ2v) is 10.4. The third-order valence-corrected chi connectivity index (χ3v) is 8.15. The highest BCUT2D eigenvalue weighted by Crippen LogP contribution is 2.52. The van der Waals surface area contributed by atoms with Crippen molar-refractivity contribution in [3.63, 3.8) is 0 Å². The summed E-state index contributed by atoms with van der Waals surface area (Å²) in [5.41, 5.74) is 6.14. The molecule has 3 atom stereocenters. The maximum atomic E-state index is 15.0. The summed E-state index contributed by atoms with van der Waals surface area (Å²) >= 11 is 0. The Morgan fingerprint density at radius 3 is 2.61 bits per heavy atom. The first-order valence-electron chi connectivity index (χ1n) is 12.7. The molecule has 0 radical (unpaired) electrons. The molecule has 0 aliphatic heterocycles. The van der Waals surface area contributed by atoms with Crippen molar-refractivity contribution in [2.45, 2.75) is 39.0 Å². The summed E-state index contributed by atoms with van der Waals surface area (Å²) < 4.78 is 16.9. The van der Waals surface area contributed by atoms with Crippen molar-refractivity contribution in [3.8, 4) is 28.1 Å². The molecule has 2 aromatic heterocycles. The molecule has 2 aliphatic carbocycles. The van der Waals surface area contributed by atoms with Crippen LogP contribution < -0.4 is 0 Å². The van der Waals surface area contributed by atoms with Gasteiger partial charge in [0.05, 0.1) is 35.5 Å². The van der Waals surface area contributed by atoms with E-state index >= 15 is 4.39 Å². The Morgan fingerprint density at radius 2 is 1.89 bits per heavy atom. The molecule has 6 rings (SSSR count). The number of hydrogen-bond donors (Lipinski definition) is 0. The number of rotatable bonds is 3. The topological polar surface area (TPSA) is 65.0 Å². The van der Waals surface area contributed by atoms with Crippen LogP contribution >= 0.6 is 0 Å². The lowest BCUT2D eigenvalue weighted by atomic mass is 9.58. The van der Waals surface area contributed by atoms with Gasteiger partial charge in [0, 0.05) is 28.0 Å². The highest BCUT2D eigenvalue weighted by Gasteiger charge is 2.50. The minimum absolute atomic E-state index is 0.0158. The standard InChI is InChI=1S/C31H26FN5O/c1-18-15-21(17-34-35-18)20-9-11-22(12-10-20)37-30-24(28(36-37)23-7-5-6-8-26(23)32)13-14-25-19(2)29(38)27(33-4)16-31(25,30)3/h5-12,15-17,19,25H,13-14H2,1-3H3/t19-,25-,31-/m1/s1. The molecule has 0 N–H and O–H groups in total. The molecule has 0 bridgehead atoms. The number of allylic oxidation sites excluding steroid dienone is 2. The number of aromatic nitrogens is 4. The van der Waals surface area contributed by atoms with Gasteiger partial charge in [-0.05, 0) is 61.6 Å². The molecule has 0 saturated heterocycles. The Kier molecular flexibility index (Phi) is 5.57. The summed E-state index contributed by atoms with van der Waals surface area (Å²) in [6, 6.07) is 16.7. The van der Waals surface area contributed by atoms with Gasteiger partial charge in [0.25, 0.3) is 0 Å². The molecule has 0 amide bonds. The van der Waals surface area contributed by atoms with Gasteiger partial charge in [0.1, 0.15) is 5.82 Å². The SMILES string of the molecule is [C-]#[N+]C1=C[C@@]2(C)c3c(c(-c4ccccc4F)nn3-c3ccc(-c4cnnc(C)c4)cc3)CC[C@@H]2[C@@H](C)C1=O. The van der Waals surface area contributed by atoms with E-state index in [0.29, 0.717) is 17.7 Å². The summed E-state index contributed by atoms with van der Waals surface area (Å²) in [6.45, 7) is 13.6. The van der Waals surface area contributed by atoms with Crippen molar-refractivity contribution in [1.29, 1.82) is 0 Å². The molecule has 0 unspecified atom stereocenters. The van der Waals surface area contributed by atoms with Gasteiger partial charge in [-0.15, -0.1) is 0 Å². The lowest BCUT2D eigenvalue weighted by Crippen LogP contribution is -2.46. The van der Waals surface area contributed by atoms with Crippen molar-refractivity contribution in [2.24, 2.45) is 11.8 Å². The van der Waals surface area contributed by atoms with Crippen LogP contribution in [-0.2, 0) is 16.6 Å². The van der Waals surface area contributed by atoms with E-state index in [1.165, 1.54) is 6.07 Å². The monoisotopic (exact) mass is 503 g/mol. The van der Waals surface area contributed by atoms with Crippen molar-refractivity contribution < 1.29 is 9.18 Å². The zero-order chi connectivity index (χ0) is 26.6. The van der Waals surface area contributed by atoms with Crippen molar-refractivity contribution in [1.82, 2.24) is 20.0 Å². The number of hydrogen-bond acceptors (Lipinski definition) is 4. The van der Waals surface area contributed by atoms with E-state index in [1.54, 1.807) is 18.3 Å². The Balaban J connectivity index is 1.58. The van der Waals surface area contributed by atoms with Crippen LogP contribution in [0.15, 0.2) is 72.6 Å². The second-order valence-electron chi connectivity index (χ2n) is 10.4. The average molecular weight is 504 g/mol. The van der Waals surface area contributed by atoms with Crippen LogP contribution in [0.3, 0.4) is 0 Å². The van der Waals surface area contributed by atoms with E-state index in [4.69, 9.17) is 11.7 Å². The number of ketones is 1. The molecule has 2 heterocycles. The second kappa shape index (κ2) is 8.84. The van der Waals surface area contributed by atoms with E-state index in [1.807, 2.05) is 61.0 Å². The van der Waals surface area contributed by atoms with Gasteiger partial charge >= 0.3 is 0 Å². The van der Waals surface area contributed by atoms with Gasteiger partial charge in [-0.1, -0.05) is 44.2 Å². The van der Waals surface area contributed by atoms with Crippen LogP contribution in [0.4, 0.5) is 4.39 Å². The Morgan fingerprint density at radius 1 is 1.13 bits per heavy atom. The summed E-state index contributed by atoms with van der Waals surface area (Å²) in [6.07, 6.45) is 5.00. The zero-order valence-electron chi connectivity index (χ0n) is 21.4. The Labute approximate surface area is 220 Å². The number of aryl methyl sites for hydroxylation is 1. The van der Waals surface area contributed by atoms with E-state index < -0.39 is 5.41 Å². The lowest BCUT2D eigenvalue weighted by Gasteiger charge is -2.45. The molecule has 7 heteroatoms. The maximum Gasteiger partial charge on any atom is 0.226 e. The molecular formula is C31H26FN5O. The first-order chi connectivity index (χ1) is 18.3. The normalized spacial score (nSPS) is 22.3. The largest absolute Gasteiger partial charge is 0.308 e. The Hall–Kier alpha value is -4.44. The Bertz CT molecular complexity index is 1660. The van der Waals surface area contributed by atoms with Crippen LogP contribution in [0.25, 0.3) is 32.9 Å². The van der Waals surface area contributed by atoms with Gasteiger partial charge in [0.2, 0.25) is 5.70 Å². The number of nitrogens with zero attached hydrogens (tertiary/aromatic N) is 5. The quantitative estimate of drug-likeness (QED) is 0.309. The fourth-order valence-electron chi connectivity index (χ4n) is 6.30. The molecule has 6 nitrogen and oxygen atoms in total. The van der Waals surface area contributed by atoms with Crippen molar-refractivity contribution >= 4 is 5.78 Å². The summed E-state index contributed by atoms with van der Waals surface area (Å²) in [5.74, 6) is -0.695. The van der Waals surface area contributed by atoms with Crippen LogP contribution in [0, 0.1) is 31.1 Å². The first-order valence-corrected chi connectivity index (χ1v) is 12.7. The smallest absolute Gasteiger partial charge is 0.226 e. The summed E-state index contributed by atoms with van der Waals surface area (Å²) in [7, 11) is 0. The lowest BCUT2D eigenvalue weighted by molar-refractivity contribution is -0.121. The number of Topliss-reactive ketones (excluding diaryl/α,β-unsaturated/α-hetero) is 1. The van der Waals surface area contributed by atoms with Gasteiger partial charge in [-0.25, -0.2) is 13.9 Å². The predicted octanol–water partition coefficient (Wildman–Crippen LogP) is 6.29. The molecule has 4 aromatic rings. The van der Waals surface area contributed by atoms with Gasteiger partial charge in [-0.2, -0.15) is 15.3 Å². The number of carbonyl (C=O) groups is 1. The van der Waals surface area contributed by atoms with E-state index in [2.05, 4.69) is 22.0 Å². The van der Waals surface area contributed by atoms with Crippen molar-refractivity contribution in [3.05, 3.63) is 107 Å². The zero-order valence-corrected chi connectivity index (χ0v) is 21.4. The van der Waals surface area contributed by atoms with E-state index in [0.717, 1.165) is 40.2 Å². The molecule has 0 saturated carbocycles. The molecule has 188 valence electrons. The maximum absolute atomic E-state index is 15.0. The van der Waals surface area contributed by atoms with E-state index in [9.17, 15) is 4.79 Å². The van der Waals surface area contributed by atoms with E-state index in [-0.39, 0.29) is 29.1 Å². The van der Waals surface area contributed by atoms with Gasteiger partial charge in [0.15, 0.2) is 5.78 Å². The van der Waals surface area contributed by atoms with Crippen LogP contribution in [0.2, 0.25) is 0 Å². The average Bonchev–Trinajstić information content (AvgIpc) is 3.32. The highest BCUT2D eigenvalue weighted by atomic mass is 19.1. The minimum Gasteiger partial charge on any atom is -0.308 e. The van der Waals surface area contributed by atoms with Crippen molar-refractivity contribution in [2.75, 3.05) is 0 Å². The molecular weight excluding hydrogens is 477 g/mol. The molecule has 38 heavy (non-hydrogen) atoms. The van der Waals surface area contributed by atoms with Crippen LogP contribution in [0.1, 0.15) is 37.2 Å². The fraction of sp³-hybridized carbons (Fsp3) is 0.258. The number of benzene rings is 2. The van der Waals surface area contributed by atoms with Gasteiger partial charge in [-0.3, -0.25) is 0 Å². The third kappa shape index (κ3) is 3.59. The highest BCUT2D eigenvalue weighted by molar-refractivity contribution is 6.00. The number of halogens is 1. The number of carbonyl (C=O) groups excluding carboxylic acids is 1. The number of fused-ring (bicyclic) bond motifs is 3. The molecule has 2 aromatic carbocycles. The third-order valence-electron chi connectivity index (χ3n) is 8.15. The molecule has 0 fully saturated rings. The van der Waals surface area contributed by atoms with Gasteiger partial charge < -0.3 is 4.79 Å². The van der Waals surface area contributed by atoms with Crippen LogP contribution in [-0.4, -0.2) is 25.8 Å². The minimum atomic E-state index is -0.609. The summed E-state index contributed by atoms with van der Waals surface area (Å²) in [4.78, 5) is 16.5. The first kappa shape index (κ1) is 23.9. The molecule has 0 spiro atoms. The predicted molar refractivity (Wildman–Crippen MR) is 143 cm³/mol. The van der Waals surface area contributed by atoms with Crippen LogP contribution in [0.5, 0.6) is 0 Å². The summed E-state index contributed by atoms with van der Waals surface area (Å²) in [5, 5.41) is 13.1. The molecule has 2 aliphatic rings. The fourth-order valence-corrected chi connectivity index (χ4v) is 6.30.